The van der Waals surface area contributed by atoms with Crippen molar-refractivity contribution in [1.82, 2.24) is 0 Å². The quantitative estimate of drug-likeness (QED) is 0.843. The van der Waals surface area contributed by atoms with Gasteiger partial charge in [0.2, 0.25) is 5.91 Å². The van der Waals surface area contributed by atoms with E-state index >= 15 is 0 Å². The molecule has 6 heteroatoms. The summed E-state index contributed by atoms with van der Waals surface area (Å²) in [6.45, 7) is 0. The zero-order valence-electron chi connectivity index (χ0n) is 12.6. The minimum absolute atomic E-state index is 0.0125. The number of ether oxygens (including phenoxy) is 1. The number of anilines is 1. The predicted octanol–water partition coefficient (Wildman–Crippen LogP) is 2.63. The molecule has 0 aromatic heterocycles. The van der Waals surface area contributed by atoms with E-state index in [0.29, 0.717) is 5.69 Å². The molecule has 0 bridgehead atoms. The van der Waals surface area contributed by atoms with Gasteiger partial charge in [-0.15, -0.1) is 0 Å². The summed E-state index contributed by atoms with van der Waals surface area (Å²) in [4.78, 5) is 35.0. The molecule has 2 atom stereocenters. The second-order valence-electron chi connectivity index (χ2n) is 5.50. The molecule has 3 rings (SSSR count). The minimum atomic E-state index is -1.04. The standard InChI is InChI=1S/C18H15NO5/c20-15-10-14(16(24-15)11-4-2-1-3-5-11)17(21)19-13-8-6-12(7-9-13)18(22)23/h1-9,14,16H,10H2,(H,19,21)(H,22,23)/t14-,16+/m1/s1. The molecule has 2 aromatic rings. The second-order valence-corrected chi connectivity index (χ2v) is 5.50. The van der Waals surface area contributed by atoms with E-state index in [1.807, 2.05) is 30.3 Å². The number of amides is 1. The van der Waals surface area contributed by atoms with Crippen molar-refractivity contribution < 1.29 is 24.2 Å². The number of carbonyl (C=O) groups is 3. The third-order valence-corrected chi connectivity index (χ3v) is 3.87. The summed E-state index contributed by atoms with van der Waals surface area (Å²) >= 11 is 0. The van der Waals surface area contributed by atoms with Gasteiger partial charge in [-0.05, 0) is 29.8 Å². The van der Waals surface area contributed by atoms with Crippen molar-refractivity contribution in [3.63, 3.8) is 0 Å². The molecule has 0 unspecified atom stereocenters. The monoisotopic (exact) mass is 325 g/mol. The van der Waals surface area contributed by atoms with Crippen LogP contribution in [0.15, 0.2) is 54.6 Å². The van der Waals surface area contributed by atoms with Crippen LogP contribution in [0.4, 0.5) is 5.69 Å². The van der Waals surface area contributed by atoms with Gasteiger partial charge in [-0.3, -0.25) is 9.59 Å². The summed E-state index contributed by atoms with van der Waals surface area (Å²) in [7, 11) is 0. The van der Waals surface area contributed by atoms with E-state index in [9.17, 15) is 14.4 Å². The van der Waals surface area contributed by atoms with Crippen LogP contribution >= 0.6 is 0 Å². The summed E-state index contributed by atoms with van der Waals surface area (Å²) in [5.74, 6) is -2.41. The van der Waals surface area contributed by atoms with E-state index < -0.39 is 24.0 Å². The van der Waals surface area contributed by atoms with Crippen LogP contribution in [0.2, 0.25) is 0 Å². The lowest BCUT2D eigenvalue weighted by atomic mass is 9.94. The van der Waals surface area contributed by atoms with Crippen LogP contribution in [0.3, 0.4) is 0 Å². The molecule has 1 aliphatic rings. The summed E-state index contributed by atoms with van der Waals surface area (Å²) in [6.07, 6.45) is -0.601. The van der Waals surface area contributed by atoms with Crippen LogP contribution in [0, 0.1) is 5.92 Å². The number of aromatic carboxylic acids is 1. The van der Waals surface area contributed by atoms with Crippen molar-refractivity contribution in [2.75, 3.05) is 5.32 Å². The fourth-order valence-electron chi connectivity index (χ4n) is 2.66. The number of carboxylic acids is 1. The van der Waals surface area contributed by atoms with Gasteiger partial charge in [0.15, 0.2) is 0 Å². The average molecular weight is 325 g/mol. The van der Waals surface area contributed by atoms with E-state index in [4.69, 9.17) is 9.84 Å². The highest BCUT2D eigenvalue weighted by molar-refractivity contribution is 5.97. The smallest absolute Gasteiger partial charge is 0.335 e. The lowest BCUT2D eigenvalue weighted by Gasteiger charge is -2.17. The van der Waals surface area contributed by atoms with Gasteiger partial charge in [0, 0.05) is 5.69 Å². The van der Waals surface area contributed by atoms with Crippen LogP contribution < -0.4 is 5.32 Å². The number of carboxylic acid groups (broad SMARTS) is 1. The Labute approximate surface area is 138 Å². The van der Waals surface area contributed by atoms with Crippen molar-refractivity contribution in [2.24, 2.45) is 5.92 Å². The summed E-state index contributed by atoms with van der Waals surface area (Å²) < 4.78 is 5.29. The van der Waals surface area contributed by atoms with Crippen molar-refractivity contribution in [3.05, 3.63) is 65.7 Å². The van der Waals surface area contributed by atoms with Gasteiger partial charge in [0.05, 0.1) is 17.9 Å². The molecular formula is C18H15NO5. The van der Waals surface area contributed by atoms with Crippen molar-refractivity contribution in [1.29, 1.82) is 0 Å². The molecule has 2 aromatic carbocycles. The van der Waals surface area contributed by atoms with Crippen LogP contribution in [-0.2, 0) is 14.3 Å². The van der Waals surface area contributed by atoms with Gasteiger partial charge in [-0.1, -0.05) is 30.3 Å². The fraction of sp³-hybridized carbons (Fsp3) is 0.167. The second kappa shape index (κ2) is 6.54. The zero-order chi connectivity index (χ0) is 17.1. The van der Waals surface area contributed by atoms with Crippen molar-refractivity contribution in [3.8, 4) is 0 Å². The highest BCUT2D eigenvalue weighted by Crippen LogP contribution is 2.36. The SMILES string of the molecule is O=C1C[C@@H](C(=O)Nc2ccc(C(=O)O)cc2)[C@H](c2ccccc2)O1. The van der Waals surface area contributed by atoms with E-state index in [0.717, 1.165) is 5.56 Å². The molecule has 122 valence electrons. The Morgan fingerprint density at radius 3 is 2.33 bits per heavy atom. The summed E-state index contributed by atoms with van der Waals surface area (Å²) in [5.41, 5.74) is 1.37. The third kappa shape index (κ3) is 3.27. The lowest BCUT2D eigenvalue weighted by molar-refractivity contribution is -0.141. The topological polar surface area (TPSA) is 92.7 Å². The summed E-state index contributed by atoms with van der Waals surface area (Å²) in [6, 6.07) is 14.9. The number of cyclic esters (lactones) is 1. The predicted molar refractivity (Wildman–Crippen MR) is 85.4 cm³/mol. The first-order valence-corrected chi connectivity index (χ1v) is 7.43. The van der Waals surface area contributed by atoms with Crippen molar-refractivity contribution >= 4 is 23.5 Å². The Morgan fingerprint density at radius 2 is 1.71 bits per heavy atom. The fourth-order valence-corrected chi connectivity index (χ4v) is 2.66. The molecule has 1 fully saturated rings. The number of rotatable bonds is 4. The normalized spacial score (nSPS) is 19.6. The van der Waals surface area contributed by atoms with Gasteiger partial charge in [-0.25, -0.2) is 4.79 Å². The van der Waals surface area contributed by atoms with Gasteiger partial charge < -0.3 is 15.2 Å². The van der Waals surface area contributed by atoms with E-state index in [1.54, 1.807) is 0 Å². The molecule has 1 amide bonds. The van der Waals surface area contributed by atoms with Gasteiger partial charge in [0.25, 0.3) is 0 Å². The number of hydrogen-bond donors (Lipinski definition) is 2. The van der Waals surface area contributed by atoms with Gasteiger partial charge in [-0.2, -0.15) is 0 Å². The molecule has 0 aliphatic carbocycles. The molecule has 0 saturated carbocycles. The van der Waals surface area contributed by atoms with Gasteiger partial charge >= 0.3 is 11.9 Å². The molecule has 2 N–H and O–H groups in total. The number of esters is 1. The van der Waals surface area contributed by atoms with Crippen LogP contribution in [0.1, 0.15) is 28.4 Å². The zero-order valence-corrected chi connectivity index (χ0v) is 12.6. The number of benzene rings is 2. The Kier molecular flexibility index (Phi) is 4.29. The third-order valence-electron chi connectivity index (χ3n) is 3.87. The van der Waals surface area contributed by atoms with Crippen LogP contribution in [-0.4, -0.2) is 23.0 Å². The van der Waals surface area contributed by atoms with E-state index in [2.05, 4.69) is 5.32 Å². The first kappa shape index (κ1) is 15.7. The molecule has 0 spiro atoms. The number of carbonyl (C=O) groups excluding carboxylic acids is 2. The molecule has 0 radical (unpaired) electrons. The molecule has 24 heavy (non-hydrogen) atoms. The van der Waals surface area contributed by atoms with E-state index in [-0.39, 0.29) is 17.9 Å². The molecular weight excluding hydrogens is 310 g/mol. The Morgan fingerprint density at radius 1 is 1.04 bits per heavy atom. The minimum Gasteiger partial charge on any atom is -0.478 e. The van der Waals surface area contributed by atoms with E-state index in [1.165, 1.54) is 24.3 Å². The first-order chi connectivity index (χ1) is 11.5. The maximum Gasteiger partial charge on any atom is 0.335 e. The largest absolute Gasteiger partial charge is 0.478 e. The molecule has 1 aliphatic heterocycles. The number of hydrogen-bond acceptors (Lipinski definition) is 4. The van der Waals surface area contributed by atoms with Gasteiger partial charge in [0.1, 0.15) is 6.10 Å². The van der Waals surface area contributed by atoms with Crippen LogP contribution in [0.25, 0.3) is 0 Å². The maximum absolute atomic E-state index is 12.5. The average Bonchev–Trinajstić information content (AvgIpc) is 2.98. The van der Waals surface area contributed by atoms with Crippen LogP contribution in [0.5, 0.6) is 0 Å². The lowest BCUT2D eigenvalue weighted by Crippen LogP contribution is -2.25. The Bertz CT molecular complexity index is 770. The highest BCUT2D eigenvalue weighted by Gasteiger charge is 2.40. The Balaban J connectivity index is 1.75. The highest BCUT2D eigenvalue weighted by atomic mass is 16.6. The molecule has 1 heterocycles. The first-order valence-electron chi connectivity index (χ1n) is 7.43. The van der Waals surface area contributed by atoms with Crippen molar-refractivity contribution in [2.45, 2.75) is 12.5 Å². The maximum atomic E-state index is 12.5. The summed E-state index contributed by atoms with van der Waals surface area (Å²) in [5, 5.41) is 11.6. The Hall–Kier alpha value is -3.15. The number of nitrogens with one attached hydrogen (secondary N) is 1. The molecule has 6 nitrogen and oxygen atoms in total. The molecule has 1 saturated heterocycles.